The topological polar surface area (TPSA) is 69.1 Å². The summed E-state index contributed by atoms with van der Waals surface area (Å²) in [6.45, 7) is 4.20. The second-order valence-electron chi connectivity index (χ2n) is 5.27. The number of hydrogen-bond acceptors (Lipinski definition) is 3. The van der Waals surface area contributed by atoms with E-state index in [4.69, 9.17) is 11.5 Å². The largest absolute Gasteiger partial charge is 0.368 e. The first-order valence-electron chi connectivity index (χ1n) is 6.23. The number of nitrogens with two attached hydrogens (primary N) is 2. The van der Waals surface area contributed by atoms with E-state index in [0.717, 1.165) is 6.42 Å². The zero-order valence-electron chi connectivity index (χ0n) is 10.9. The van der Waals surface area contributed by atoms with Crippen molar-refractivity contribution in [2.45, 2.75) is 48.8 Å². The Balaban J connectivity index is 2.08. The third-order valence-electron chi connectivity index (χ3n) is 3.63. The number of thioether (sulfide) groups is 1. The van der Waals surface area contributed by atoms with Gasteiger partial charge in [-0.2, -0.15) is 0 Å². The fourth-order valence-corrected chi connectivity index (χ4v) is 3.85. The molecule has 98 valence electrons. The zero-order chi connectivity index (χ0) is 13.3. The van der Waals surface area contributed by atoms with Crippen LogP contribution in [0.3, 0.4) is 0 Å². The first-order chi connectivity index (χ1) is 8.40. The van der Waals surface area contributed by atoms with Crippen LogP contribution in [0.25, 0.3) is 0 Å². The maximum atomic E-state index is 11.3. The van der Waals surface area contributed by atoms with Crippen molar-refractivity contribution < 1.29 is 4.79 Å². The molecule has 2 rings (SSSR count). The standard InChI is InChI=1S/C14H20N2OS/c1-9-3-4-10(2)12(7-9)18-11-5-6-14(16,8-11)13(15)17/h3-4,7,11H,5-6,8,16H2,1-2H3,(H2,15,17). The Morgan fingerprint density at radius 3 is 2.78 bits per heavy atom. The van der Waals surface area contributed by atoms with E-state index in [-0.39, 0.29) is 5.91 Å². The number of rotatable bonds is 3. The van der Waals surface area contributed by atoms with Crippen LogP contribution >= 0.6 is 11.8 Å². The van der Waals surface area contributed by atoms with E-state index in [1.54, 1.807) is 0 Å². The van der Waals surface area contributed by atoms with E-state index >= 15 is 0 Å². The van der Waals surface area contributed by atoms with E-state index in [2.05, 4.69) is 32.0 Å². The highest BCUT2D eigenvalue weighted by Gasteiger charge is 2.40. The van der Waals surface area contributed by atoms with Gasteiger partial charge in [0.25, 0.3) is 0 Å². The number of benzene rings is 1. The van der Waals surface area contributed by atoms with Crippen molar-refractivity contribution in [2.24, 2.45) is 11.5 Å². The lowest BCUT2D eigenvalue weighted by Gasteiger charge is -2.19. The molecule has 4 heteroatoms. The van der Waals surface area contributed by atoms with Crippen LogP contribution in [0.5, 0.6) is 0 Å². The van der Waals surface area contributed by atoms with Crippen molar-refractivity contribution >= 4 is 17.7 Å². The van der Waals surface area contributed by atoms with Gasteiger partial charge in [0, 0.05) is 10.1 Å². The third-order valence-corrected chi connectivity index (χ3v) is 5.06. The van der Waals surface area contributed by atoms with E-state index in [1.165, 1.54) is 16.0 Å². The van der Waals surface area contributed by atoms with Crippen LogP contribution in [0.2, 0.25) is 0 Å². The van der Waals surface area contributed by atoms with E-state index in [0.29, 0.717) is 18.1 Å². The van der Waals surface area contributed by atoms with Crippen molar-refractivity contribution in [1.29, 1.82) is 0 Å². The fraction of sp³-hybridized carbons (Fsp3) is 0.500. The molecule has 1 fully saturated rings. The summed E-state index contributed by atoms with van der Waals surface area (Å²) in [6.07, 6.45) is 2.34. The highest BCUT2D eigenvalue weighted by atomic mass is 32.2. The minimum atomic E-state index is -0.796. The van der Waals surface area contributed by atoms with Gasteiger partial charge in [0.05, 0.1) is 5.54 Å². The van der Waals surface area contributed by atoms with Gasteiger partial charge in [-0.25, -0.2) is 0 Å². The lowest BCUT2D eigenvalue weighted by atomic mass is 9.99. The van der Waals surface area contributed by atoms with Crippen molar-refractivity contribution in [2.75, 3.05) is 0 Å². The summed E-state index contributed by atoms with van der Waals surface area (Å²) in [5.74, 6) is -0.369. The normalized spacial score (nSPS) is 27.4. The predicted molar refractivity (Wildman–Crippen MR) is 75.5 cm³/mol. The van der Waals surface area contributed by atoms with Crippen molar-refractivity contribution in [3.63, 3.8) is 0 Å². The average Bonchev–Trinajstić information content (AvgIpc) is 2.67. The van der Waals surface area contributed by atoms with Gasteiger partial charge in [-0.3, -0.25) is 4.79 Å². The number of carbonyl (C=O) groups excluding carboxylic acids is 1. The third kappa shape index (κ3) is 2.70. The first kappa shape index (κ1) is 13.4. The summed E-state index contributed by atoms with van der Waals surface area (Å²) in [6, 6.07) is 6.45. The van der Waals surface area contributed by atoms with Gasteiger partial charge in [0.2, 0.25) is 5.91 Å². The molecule has 3 nitrogen and oxygen atoms in total. The lowest BCUT2D eigenvalue weighted by Crippen LogP contribution is -2.50. The maximum absolute atomic E-state index is 11.3. The van der Waals surface area contributed by atoms with Gasteiger partial charge >= 0.3 is 0 Å². The molecule has 0 spiro atoms. The van der Waals surface area contributed by atoms with Crippen LogP contribution in [0.4, 0.5) is 0 Å². The smallest absolute Gasteiger partial charge is 0.237 e. The Bertz CT molecular complexity index is 475. The molecule has 1 saturated carbocycles. The second kappa shape index (κ2) is 4.94. The SMILES string of the molecule is Cc1ccc(C)c(SC2CCC(N)(C(N)=O)C2)c1. The van der Waals surface area contributed by atoms with Crippen LogP contribution in [0, 0.1) is 13.8 Å². The summed E-state index contributed by atoms with van der Waals surface area (Å²) in [7, 11) is 0. The van der Waals surface area contributed by atoms with Gasteiger partial charge in [0.1, 0.15) is 0 Å². The quantitative estimate of drug-likeness (QED) is 0.878. The molecule has 2 unspecified atom stereocenters. The van der Waals surface area contributed by atoms with Crippen LogP contribution in [0.15, 0.2) is 23.1 Å². The minimum Gasteiger partial charge on any atom is -0.368 e. The number of carbonyl (C=O) groups is 1. The lowest BCUT2D eigenvalue weighted by molar-refractivity contribution is -0.122. The summed E-state index contributed by atoms with van der Waals surface area (Å²) >= 11 is 1.82. The fourth-order valence-electron chi connectivity index (χ4n) is 2.37. The van der Waals surface area contributed by atoms with Crippen molar-refractivity contribution in [3.8, 4) is 0 Å². The molecule has 0 saturated heterocycles. The molecular formula is C14H20N2OS. The molecule has 1 aliphatic rings. The van der Waals surface area contributed by atoms with Crippen LogP contribution in [-0.4, -0.2) is 16.7 Å². The molecule has 0 bridgehead atoms. The molecule has 18 heavy (non-hydrogen) atoms. The van der Waals surface area contributed by atoms with E-state index in [1.807, 2.05) is 11.8 Å². The van der Waals surface area contributed by atoms with Gasteiger partial charge in [0.15, 0.2) is 0 Å². The Kier molecular flexibility index (Phi) is 3.69. The van der Waals surface area contributed by atoms with Crippen LogP contribution < -0.4 is 11.5 Å². The van der Waals surface area contributed by atoms with Gasteiger partial charge in [-0.05, 0) is 44.7 Å². The average molecular weight is 264 g/mol. The predicted octanol–water partition coefficient (Wildman–Crippen LogP) is 2.13. The molecule has 0 radical (unpaired) electrons. The number of primary amides is 1. The Hall–Kier alpha value is -1.00. The summed E-state index contributed by atoms with van der Waals surface area (Å²) in [4.78, 5) is 12.6. The molecule has 0 aliphatic heterocycles. The minimum absolute atomic E-state index is 0.369. The van der Waals surface area contributed by atoms with Crippen molar-refractivity contribution in [1.82, 2.24) is 0 Å². The molecule has 1 aromatic carbocycles. The number of hydrogen-bond donors (Lipinski definition) is 2. The van der Waals surface area contributed by atoms with Gasteiger partial charge in [-0.1, -0.05) is 17.7 Å². The monoisotopic (exact) mass is 264 g/mol. The van der Waals surface area contributed by atoms with Crippen LogP contribution in [-0.2, 0) is 4.79 Å². The molecule has 4 N–H and O–H groups in total. The number of aryl methyl sites for hydroxylation is 2. The Morgan fingerprint density at radius 2 is 2.17 bits per heavy atom. The molecule has 1 aromatic rings. The van der Waals surface area contributed by atoms with E-state index < -0.39 is 5.54 Å². The van der Waals surface area contributed by atoms with E-state index in [9.17, 15) is 4.79 Å². The highest BCUT2D eigenvalue weighted by Crippen LogP contribution is 2.40. The Labute approximate surface area is 112 Å². The Morgan fingerprint density at radius 1 is 1.44 bits per heavy atom. The molecule has 0 aromatic heterocycles. The zero-order valence-corrected chi connectivity index (χ0v) is 11.7. The summed E-state index contributed by atoms with van der Waals surface area (Å²) in [5.41, 5.74) is 13.1. The van der Waals surface area contributed by atoms with Crippen LogP contribution in [0.1, 0.15) is 30.4 Å². The summed E-state index contributed by atoms with van der Waals surface area (Å²) < 4.78 is 0. The maximum Gasteiger partial charge on any atom is 0.237 e. The highest BCUT2D eigenvalue weighted by molar-refractivity contribution is 8.00. The molecular weight excluding hydrogens is 244 g/mol. The first-order valence-corrected chi connectivity index (χ1v) is 7.11. The van der Waals surface area contributed by atoms with Gasteiger partial charge < -0.3 is 11.5 Å². The molecule has 0 heterocycles. The van der Waals surface area contributed by atoms with Gasteiger partial charge in [-0.15, -0.1) is 11.8 Å². The number of amides is 1. The summed E-state index contributed by atoms with van der Waals surface area (Å²) in [5, 5.41) is 0.392. The molecule has 1 amide bonds. The van der Waals surface area contributed by atoms with Crippen molar-refractivity contribution in [3.05, 3.63) is 29.3 Å². The molecule has 1 aliphatic carbocycles. The molecule has 2 atom stereocenters. The second-order valence-corrected chi connectivity index (χ2v) is 6.61.